The Morgan fingerprint density at radius 3 is 2.89 bits per heavy atom. The Bertz CT molecular complexity index is 557. The van der Waals surface area contributed by atoms with Crippen LogP contribution in [-0.2, 0) is 9.53 Å². The molecule has 1 aromatic carbocycles. The van der Waals surface area contributed by atoms with Crippen molar-refractivity contribution in [3.05, 3.63) is 42.2 Å². The number of aliphatic hydroxyl groups is 1. The molecule has 0 spiro atoms. The molecule has 1 heterocycles. The lowest BCUT2D eigenvalue weighted by Gasteiger charge is -2.10. The number of methoxy groups -OCH3 is 1. The molecule has 0 radical (unpaired) electrons. The molecule has 0 saturated heterocycles. The Kier molecular flexibility index (Phi) is 3.33. The van der Waals surface area contributed by atoms with Crippen molar-refractivity contribution in [3.63, 3.8) is 0 Å². The number of nitrogens with zero attached hydrogens (tertiary/aromatic N) is 3. The van der Waals surface area contributed by atoms with Crippen molar-refractivity contribution in [2.75, 3.05) is 7.11 Å². The molecule has 6 nitrogen and oxygen atoms in total. The normalized spacial score (nSPS) is 12.2. The average molecular weight is 251 g/mol. The van der Waals surface area contributed by atoms with E-state index >= 15 is 0 Å². The molecule has 1 N–H and O–H groups in total. The molecule has 7 heteroatoms. The van der Waals surface area contributed by atoms with Crippen molar-refractivity contribution in [2.45, 2.75) is 6.10 Å². The van der Waals surface area contributed by atoms with E-state index in [1.807, 2.05) is 0 Å². The Labute approximate surface area is 102 Å². The summed E-state index contributed by atoms with van der Waals surface area (Å²) in [6, 6.07) is 3.87. The van der Waals surface area contributed by atoms with Gasteiger partial charge in [-0.25, -0.2) is 18.9 Å². The molecule has 0 amide bonds. The highest BCUT2D eigenvalue weighted by molar-refractivity contribution is 5.76. The molecule has 94 valence electrons. The molecule has 18 heavy (non-hydrogen) atoms. The van der Waals surface area contributed by atoms with Crippen LogP contribution in [0.25, 0.3) is 5.69 Å². The number of aromatic nitrogens is 3. The van der Waals surface area contributed by atoms with Crippen LogP contribution in [0.15, 0.2) is 30.9 Å². The Balaban J connectivity index is 2.33. The molecule has 1 unspecified atom stereocenters. The summed E-state index contributed by atoms with van der Waals surface area (Å²) in [7, 11) is 1.14. The second kappa shape index (κ2) is 4.92. The van der Waals surface area contributed by atoms with Gasteiger partial charge in [-0.05, 0) is 17.7 Å². The molecule has 0 aliphatic rings. The monoisotopic (exact) mass is 251 g/mol. The van der Waals surface area contributed by atoms with Gasteiger partial charge in [-0.3, -0.25) is 0 Å². The molecule has 2 rings (SSSR count). The number of halogens is 1. The van der Waals surface area contributed by atoms with Gasteiger partial charge in [-0.15, -0.1) is 0 Å². The largest absolute Gasteiger partial charge is 0.467 e. The van der Waals surface area contributed by atoms with Gasteiger partial charge < -0.3 is 9.84 Å². The fourth-order valence-corrected chi connectivity index (χ4v) is 1.46. The van der Waals surface area contributed by atoms with Crippen LogP contribution < -0.4 is 0 Å². The molecule has 0 aliphatic carbocycles. The third-order valence-corrected chi connectivity index (χ3v) is 2.38. The van der Waals surface area contributed by atoms with Gasteiger partial charge in [0.1, 0.15) is 24.2 Å². The molecule has 0 saturated carbocycles. The summed E-state index contributed by atoms with van der Waals surface area (Å²) in [5, 5.41) is 13.3. The van der Waals surface area contributed by atoms with Gasteiger partial charge >= 0.3 is 5.97 Å². The molecule has 2 aromatic rings. The number of carbonyl (C=O) groups is 1. The third-order valence-electron chi connectivity index (χ3n) is 2.38. The quantitative estimate of drug-likeness (QED) is 0.809. The van der Waals surface area contributed by atoms with Crippen LogP contribution in [0.1, 0.15) is 11.7 Å². The Hall–Kier alpha value is -2.28. The SMILES string of the molecule is COC(=O)C(O)c1ccc(-n2cncn2)c(F)c1. The maximum Gasteiger partial charge on any atom is 0.339 e. The van der Waals surface area contributed by atoms with E-state index in [9.17, 15) is 14.3 Å². The number of benzene rings is 1. The van der Waals surface area contributed by atoms with Crippen LogP contribution >= 0.6 is 0 Å². The second-order valence-electron chi connectivity index (χ2n) is 3.48. The molecule has 0 bridgehead atoms. The van der Waals surface area contributed by atoms with E-state index < -0.39 is 17.9 Å². The van der Waals surface area contributed by atoms with Crippen LogP contribution in [-0.4, -0.2) is 33.0 Å². The number of hydrogen-bond acceptors (Lipinski definition) is 5. The molecule has 1 atom stereocenters. The van der Waals surface area contributed by atoms with Crippen molar-refractivity contribution in [1.29, 1.82) is 0 Å². The molecular weight excluding hydrogens is 241 g/mol. The van der Waals surface area contributed by atoms with Gasteiger partial charge in [0.2, 0.25) is 0 Å². The Morgan fingerprint density at radius 1 is 1.56 bits per heavy atom. The fourth-order valence-electron chi connectivity index (χ4n) is 1.46. The van der Waals surface area contributed by atoms with Gasteiger partial charge in [0.25, 0.3) is 0 Å². The smallest absolute Gasteiger partial charge is 0.339 e. The van der Waals surface area contributed by atoms with Crippen molar-refractivity contribution in [1.82, 2.24) is 14.8 Å². The Morgan fingerprint density at radius 2 is 2.33 bits per heavy atom. The minimum Gasteiger partial charge on any atom is -0.467 e. The minimum atomic E-state index is -1.51. The van der Waals surface area contributed by atoms with Gasteiger partial charge in [0, 0.05) is 0 Å². The van der Waals surface area contributed by atoms with E-state index in [1.54, 1.807) is 0 Å². The van der Waals surface area contributed by atoms with Crippen molar-refractivity contribution < 1.29 is 19.0 Å². The second-order valence-corrected chi connectivity index (χ2v) is 3.48. The fraction of sp³-hybridized carbons (Fsp3) is 0.182. The first kappa shape index (κ1) is 12.2. The summed E-state index contributed by atoms with van der Waals surface area (Å²) in [6.07, 6.45) is 1.11. The summed E-state index contributed by atoms with van der Waals surface area (Å²) in [5.74, 6) is -1.47. The highest BCUT2D eigenvalue weighted by Crippen LogP contribution is 2.19. The van der Waals surface area contributed by atoms with E-state index in [1.165, 1.54) is 29.5 Å². The van der Waals surface area contributed by atoms with E-state index in [-0.39, 0.29) is 11.3 Å². The first-order valence-electron chi connectivity index (χ1n) is 5.04. The molecule has 0 aliphatic heterocycles. The minimum absolute atomic E-state index is 0.114. The zero-order valence-corrected chi connectivity index (χ0v) is 9.45. The van der Waals surface area contributed by atoms with Gasteiger partial charge in [-0.1, -0.05) is 6.07 Å². The topological polar surface area (TPSA) is 77.2 Å². The van der Waals surface area contributed by atoms with E-state index in [4.69, 9.17) is 0 Å². The highest BCUT2D eigenvalue weighted by atomic mass is 19.1. The number of esters is 1. The lowest BCUT2D eigenvalue weighted by Crippen LogP contribution is -2.14. The number of rotatable bonds is 3. The summed E-state index contributed by atoms with van der Waals surface area (Å²) in [4.78, 5) is 14.8. The van der Waals surface area contributed by atoms with Gasteiger partial charge in [0.05, 0.1) is 7.11 Å². The van der Waals surface area contributed by atoms with Crippen LogP contribution in [0.3, 0.4) is 0 Å². The number of aliphatic hydroxyl groups excluding tert-OH is 1. The van der Waals surface area contributed by atoms with Crippen LogP contribution in [0.5, 0.6) is 0 Å². The van der Waals surface area contributed by atoms with Crippen LogP contribution in [0.4, 0.5) is 4.39 Å². The number of ether oxygens (including phenoxy) is 1. The molecular formula is C11H10FN3O3. The zero-order valence-electron chi connectivity index (χ0n) is 9.45. The lowest BCUT2D eigenvalue weighted by molar-refractivity contribution is -0.150. The van der Waals surface area contributed by atoms with Crippen molar-refractivity contribution in [2.24, 2.45) is 0 Å². The van der Waals surface area contributed by atoms with Gasteiger partial charge in [-0.2, -0.15) is 5.10 Å². The number of hydrogen-bond donors (Lipinski definition) is 1. The zero-order chi connectivity index (χ0) is 13.1. The summed E-state index contributed by atoms with van der Waals surface area (Å²) in [6.45, 7) is 0. The maximum absolute atomic E-state index is 13.8. The standard InChI is InChI=1S/C11H10FN3O3/c1-18-11(17)10(16)7-2-3-9(8(12)4-7)15-6-13-5-14-15/h2-6,10,16H,1H3. The summed E-state index contributed by atoms with van der Waals surface area (Å²) >= 11 is 0. The first-order chi connectivity index (χ1) is 8.63. The third kappa shape index (κ3) is 2.21. The first-order valence-corrected chi connectivity index (χ1v) is 5.04. The van der Waals surface area contributed by atoms with Crippen LogP contribution in [0, 0.1) is 5.82 Å². The predicted molar refractivity (Wildman–Crippen MR) is 58.3 cm³/mol. The molecule has 0 fully saturated rings. The lowest BCUT2D eigenvalue weighted by atomic mass is 10.1. The van der Waals surface area contributed by atoms with E-state index in [2.05, 4.69) is 14.8 Å². The highest BCUT2D eigenvalue weighted by Gasteiger charge is 2.19. The van der Waals surface area contributed by atoms with E-state index in [0.29, 0.717) is 0 Å². The van der Waals surface area contributed by atoms with Crippen LogP contribution in [0.2, 0.25) is 0 Å². The summed E-state index contributed by atoms with van der Waals surface area (Å²) < 4.78 is 19.4. The number of carbonyl (C=O) groups excluding carboxylic acids is 1. The van der Waals surface area contributed by atoms with Crippen molar-refractivity contribution in [3.8, 4) is 5.69 Å². The maximum atomic E-state index is 13.8. The molecule has 1 aromatic heterocycles. The van der Waals surface area contributed by atoms with Crippen molar-refractivity contribution >= 4 is 5.97 Å². The summed E-state index contributed by atoms with van der Waals surface area (Å²) in [5.41, 5.74) is 0.288. The predicted octanol–water partition coefficient (Wildman–Crippen LogP) is 0.613. The van der Waals surface area contributed by atoms with Gasteiger partial charge in [0.15, 0.2) is 6.10 Å². The van der Waals surface area contributed by atoms with E-state index in [0.717, 1.165) is 13.2 Å². The average Bonchev–Trinajstić information content (AvgIpc) is 2.90.